The number of hydrogen-bond donors (Lipinski definition) is 0. The van der Waals surface area contributed by atoms with E-state index >= 15 is 0 Å². The molecule has 0 N–H and O–H groups in total. The Labute approximate surface area is 158 Å². The zero-order valence-corrected chi connectivity index (χ0v) is 15.6. The van der Waals surface area contributed by atoms with Gasteiger partial charge in [0.05, 0.1) is 19.4 Å². The van der Waals surface area contributed by atoms with Crippen molar-refractivity contribution in [2.45, 2.75) is 26.2 Å². The number of esters is 1. The van der Waals surface area contributed by atoms with Crippen LogP contribution in [-0.4, -0.2) is 29.9 Å². The molecule has 5 nitrogen and oxygen atoms in total. The van der Waals surface area contributed by atoms with E-state index < -0.39 is 0 Å². The minimum Gasteiger partial charge on any atom is -0.497 e. The molecular weight excluding hydrogens is 342 g/mol. The Morgan fingerprint density at radius 1 is 1.07 bits per heavy atom. The molecule has 0 aliphatic rings. The average molecular weight is 365 g/mol. The zero-order valence-electron chi connectivity index (χ0n) is 15.6. The Morgan fingerprint density at radius 2 is 1.93 bits per heavy atom. The van der Waals surface area contributed by atoms with Crippen molar-refractivity contribution >= 4 is 17.3 Å². The number of aryl methyl sites for hydroxylation is 1. The number of pyridine rings is 1. The van der Waals surface area contributed by atoms with Gasteiger partial charge in [0.15, 0.2) is 0 Å². The van der Waals surface area contributed by atoms with Crippen molar-refractivity contribution in [1.29, 1.82) is 0 Å². The quantitative estimate of drug-likeness (QED) is 0.446. The predicted molar refractivity (Wildman–Crippen MR) is 103 cm³/mol. The Kier molecular flexibility index (Phi) is 5.91. The molecule has 27 heavy (non-hydrogen) atoms. The smallest absolute Gasteiger partial charge is 0.305 e. The molecule has 3 aromatic rings. The number of carbonyl (C=O) groups is 2. The molecule has 0 amide bonds. The maximum atomic E-state index is 13.1. The molecular formula is C22H23NO4. The van der Waals surface area contributed by atoms with Crippen LogP contribution in [0.2, 0.25) is 0 Å². The van der Waals surface area contributed by atoms with Gasteiger partial charge in [-0.05, 0) is 55.7 Å². The summed E-state index contributed by atoms with van der Waals surface area (Å²) in [6, 6.07) is 14.9. The summed E-state index contributed by atoms with van der Waals surface area (Å²) < 4.78 is 12.1. The highest BCUT2D eigenvalue weighted by Crippen LogP contribution is 2.23. The van der Waals surface area contributed by atoms with Gasteiger partial charge in [-0.3, -0.25) is 9.59 Å². The Bertz CT molecular complexity index is 958. The van der Waals surface area contributed by atoms with Gasteiger partial charge in [0.1, 0.15) is 5.75 Å². The van der Waals surface area contributed by atoms with Crippen LogP contribution < -0.4 is 4.74 Å². The molecule has 0 unspecified atom stereocenters. The largest absolute Gasteiger partial charge is 0.497 e. The molecule has 0 atom stereocenters. The van der Waals surface area contributed by atoms with E-state index in [-0.39, 0.29) is 11.8 Å². The van der Waals surface area contributed by atoms with Crippen LogP contribution in [0.15, 0.2) is 54.7 Å². The topological polar surface area (TPSA) is 57.0 Å². The van der Waals surface area contributed by atoms with Crippen molar-refractivity contribution in [3.63, 3.8) is 0 Å². The third-order valence-electron chi connectivity index (χ3n) is 4.46. The van der Waals surface area contributed by atoms with E-state index in [1.165, 1.54) is 0 Å². The van der Waals surface area contributed by atoms with Gasteiger partial charge >= 0.3 is 5.97 Å². The number of ketones is 1. The summed E-state index contributed by atoms with van der Waals surface area (Å²) in [7, 11) is 1.58. The van der Waals surface area contributed by atoms with Crippen LogP contribution in [0.3, 0.4) is 0 Å². The molecule has 0 bridgehead atoms. The number of hydrogen-bond acceptors (Lipinski definition) is 4. The first-order chi connectivity index (χ1) is 13.1. The van der Waals surface area contributed by atoms with Crippen LogP contribution in [0.1, 0.15) is 41.4 Å². The van der Waals surface area contributed by atoms with Gasteiger partial charge in [0, 0.05) is 23.7 Å². The van der Waals surface area contributed by atoms with Crippen molar-refractivity contribution < 1.29 is 19.1 Å². The van der Waals surface area contributed by atoms with Gasteiger partial charge in [0.2, 0.25) is 5.78 Å². The molecule has 0 saturated carbocycles. The summed E-state index contributed by atoms with van der Waals surface area (Å²) in [6.45, 7) is 2.20. The Balaban J connectivity index is 1.87. The molecule has 0 aliphatic carbocycles. The van der Waals surface area contributed by atoms with Crippen LogP contribution in [-0.2, 0) is 16.0 Å². The second-order valence-electron chi connectivity index (χ2n) is 6.23. The standard InChI is InChI=1S/C22H23NO4/c1-3-27-21(24)12-7-8-16-15-20(23-13-5-4-11-19(16)23)22(25)17-9-6-10-18(14-17)26-2/h4-6,9-11,13-15H,3,7-8,12H2,1-2H3. The third kappa shape index (κ3) is 4.19. The fraction of sp³-hybridized carbons (Fsp3) is 0.273. The Hall–Kier alpha value is -3.08. The maximum absolute atomic E-state index is 13.1. The van der Waals surface area contributed by atoms with Crippen molar-refractivity contribution in [1.82, 2.24) is 4.40 Å². The molecule has 0 fully saturated rings. The number of rotatable bonds is 8. The van der Waals surface area contributed by atoms with Crippen LogP contribution >= 0.6 is 0 Å². The lowest BCUT2D eigenvalue weighted by atomic mass is 10.1. The van der Waals surface area contributed by atoms with E-state index in [4.69, 9.17) is 9.47 Å². The summed E-state index contributed by atoms with van der Waals surface area (Å²) in [6.07, 6.45) is 3.65. The van der Waals surface area contributed by atoms with Crippen molar-refractivity contribution in [3.8, 4) is 5.75 Å². The first kappa shape index (κ1) is 18.7. The minimum absolute atomic E-state index is 0.0632. The van der Waals surface area contributed by atoms with Gasteiger partial charge in [-0.2, -0.15) is 0 Å². The van der Waals surface area contributed by atoms with Crippen molar-refractivity contribution in [3.05, 3.63) is 71.5 Å². The number of carbonyl (C=O) groups excluding carboxylic acids is 2. The van der Waals surface area contributed by atoms with E-state index in [1.807, 2.05) is 47.0 Å². The monoisotopic (exact) mass is 365 g/mol. The lowest BCUT2D eigenvalue weighted by molar-refractivity contribution is -0.143. The highest BCUT2D eigenvalue weighted by Gasteiger charge is 2.17. The van der Waals surface area contributed by atoms with Gasteiger partial charge in [-0.15, -0.1) is 0 Å². The van der Waals surface area contributed by atoms with Gasteiger partial charge in [-0.1, -0.05) is 18.2 Å². The average Bonchev–Trinajstić information content (AvgIpc) is 3.06. The first-order valence-electron chi connectivity index (χ1n) is 9.07. The summed E-state index contributed by atoms with van der Waals surface area (Å²) in [5.74, 6) is 0.400. The van der Waals surface area contributed by atoms with Crippen LogP contribution in [0.25, 0.3) is 5.52 Å². The van der Waals surface area contributed by atoms with Crippen LogP contribution in [0.4, 0.5) is 0 Å². The third-order valence-corrected chi connectivity index (χ3v) is 4.46. The first-order valence-corrected chi connectivity index (χ1v) is 9.07. The molecule has 1 aromatic carbocycles. The number of nitrogens with zero attached hydrogens (tertiary/aromatic N) is 1. The lowest BCUT2D eigenvalue weighted by Gasteiger charge is -2.04. The molecule has 0 saturated heterocycles. The van der Waals surface area contributed by atoms with Crippen molar-refractivity contribution in [2.75, 3.05) is 13.7 Å². The fourth-order valence-electron chi connectivity index (χ4n) is 3.17. The number of aromatic nitrogens is 1. The summed E-state index contributed by atoms with van der Waals surface area (Å²) in [5, 5.41) is 0. The minimum atomic E-state index is -0.186. The SMILES string of the molecule is CCOC(=O)CCCc1cc(C(=O)c2cccc(OC)c2)n2ccccc12. The molecule has 140 valence electrons. The van der Waals surface area contributed by atoms with Gasteiger partial charge < -0.3 is 13.9 Å². The molecule has 5 heteroatoms. The number of fused-ring (bicyclic) bond motifs is 1. The van der Waals surface area contributed by atoms with Crippen molar-refractivity contribution in [2.24, 2.45) is 0 Å². The number of benzene rings is 1. The van der Waals surface area contributed by atoms with E-state index in [0.717, 1.165) is 11.1 Å². The van der Waals surface area contributed by atoms with E-state index in [9.17, 15) is 9.59 Å². The molecule has 2 aromatic heterocycles. The normalized spacial score (nSPS) is 10.7. The summed E-state index contributed by atoms with van der Waals surface area (Å²) in [4.78, 5) is 24.6. The molecule has 0 aliphatic heterocycles. The second kappa shape index (κ2) is 8.54. The molecule has 2 heterocycles. The van der Waals surface area contributed by atoms with Crippen LogP contribution in [0, 0.1) is 0 Å². The predicted octanol–water partition coefficient (Wildman–Crippen LogP) is 4.06. The fourth-order valence-corrected chi connectivity index (χ4v) is 3.17. The van der Waals surface area contributed by atoms with Crippen LogP contribution in [0.5, 0.6) is 5.75 Å². The zero-order chi connectivity index (χ0) is 19.2. The second-order valence-corrected chi connectivity index (χ2v) is 6.23. The van der Waals surface area contributed by atoms with Gasteiger partial charge in [0.25, 0.3) is 0 Å². The molecule has 0 radical (unpaired) electrons. The van der Waals surface area contributed by atoms with E-state index in [2.05, 4.69) is 0 Å². The number of ether oxygens (including phenoxy) is 2. The highest BCUT2D eigenvalue weighted by molar-refractivity contribution is 6.09. The van der Waals surface area contributed by atoms with E-state index in [1.54, 1.807) is 26.2 Å². The lowest BCUT2D eigenvalue weighted by Crippen LogP contribution is -2.05. The van der Waals surface area contributed by atoms with Gasteiger partial charge in [-0.25, -0.2) is 0 Å². The summed E-state index contributed by atoms with van der Waals surface area (Å²) in [5.41, 5.74) is 3.21. The molecule has 0 spiro atoms. The van der Waals surface area contributed by atoms with E-state index in [0.29, 0.717) is 42.9 Å². The Morgan fingerprint density at radius 3 is 2.70 bits per heavy atom. The maximum Gasteiger partial charge on any atom is 0.305 e. The number of methoxy groups -OCH3 is 1. The summed E-state index contributed by atoms with van der Waals surface area (Å²) >= 11 is 0. The highest BCUT2D eigenvalue weighted by atomic mass is 16.5. The molecule has 3 rings (SSSR count).